The maximum atomic E-state index is 13.1. The molecule has 0 saturated carbocycles. The van der Waals surface area contributed by atoms with Crippen molar-refractivity contribution in [3.8, 4) is 0 Å². The lowest BCUT2D eigenvalue weighted by Gasteiger charge is -2.51. The van der Waals surface area contributed by atoms with Gasteiger partial charge in [0.2, 0.25) is 11.8 Å². The van der Waals surface area contributed by atoms with Crippen LogP contribution in [0.25, 0.3) is 21.8 Å². The van der Waals surface area contributed by atoms with Crippen molar-refractivity contribution in [3.63, 3.8) is 0 Å². The number of fused-ring (bicyclic) bond motifs is 8. The Bertz CT molecular complexity index is 1850. The Morgan fingerprint density at radius 1 is 0.704 bits per heavy atom. The van der Waals surface area contributed by atoms with E-state index in [1.54, 1.807) is 12.4 Å². The molecular weight excluding hydrogens is 677 g/mol. The second kappa shape index (κ2) is 16.0. The fourth-order valence-corrected chi connectivity index (χ4v) is 10.5. The SMILES string of the molecule is CC[C@@H]1CN2CC[C@@H]1C[C@@H]2C(O)c1ccnc2c(NC(=O)CCCCC(=O)Nc3cccc4c(C(O)[C@@H]5C[C@@H]6CCN5C[C@@H]6CC)ccnc34)cccc12. The Labute approximate surface area is 318 Å². The second-order valence-electron chi connectivity index (χ2n) is 16.4. The molecule has 54 heavy (non-hydrogen) atoms. The van der Waals surface area contributed by atoms with Crippen molar-refractivity contribution in [2.75, 3.05) is 36.8 Å². The molecule has 8 heterocycles. The van der Waals surface area contributed by atoms with Crippen LogP contribution in [0.4, 0.5) is 11.4 Å². The van der Waals surface area contributed by atoms with Crippen LogP contribution in [0.1, 0.15) is 101 Å². The molecule has 10 heteroatoms. The number of nitrogens with one attached hydrogen (secondary N) is 2. The molecule has 6 aliphatic rings. The number of carbonyl (C=O) groups is 2. The van der Waals surface area contributed by atoms with Gasteiger partial charge in [-0.25, -0.2) is 0 Å². The summed E-state index contributed by atoms with van der Waals surface area (Å²) in [6, 6.07) is 15.5. The summed E-state index contributed by atoms with van der Waals surface area (Å²) in [6.45, 7) is 8.74. The van der Waals surface area contributed by atoms with Crippen LogP contribution in [-0.4, -0.2) is 80.1 Å². The van der Waals surface area contributed by atoms with Gasteiger partial charge in [-0.1, -0.05) is 51.0 Å². The van der Waals surface area contributed by atoms with Crippen LogP contribution in [0.2, 0.25) is 0 Å². The fourth-order valence-electron chi connectivity index (χ4n) is 10.5. The van der Waals surface area contributed by atoms with Gasteiger partial charge in [0.25, 0.3) is 0 Å². The number of aliphatic hydroxyl groups is 2. The summed E-state index contributed by atoms with van der Waals surface area (Å²) in [7, 11) is 0. The number of anilines is 2. The van der Waals surface area contributed by atoms with Gasteiger partial charge in [-0.3, -0.25) is 29.4 Å². The van der Waals surface area contributed by atoms with E-state index in [4.69, 9.17) is 0 Å². The summed E-state index contributed by atoms with van der Waals surface area (Å²) < 4.78 is 0. The lowest BCUT2D eigenvalue weighted by molar-refractivity contribution is -0.118. The number of rotatable bonds is 13. The predicted octanol–water partition coefficient (Wildman–Crippen LogP) is 7.23. The van der Waals surface area contributed by atoms with Crippen LogP contribution in [0.15, 0.2) is 60.9 Å². The second-order valence-corrected chi connectivity index (χ2v) is 16.4. The lowest BCUT2D eigenvalue weighted by atomic mass is 9.72. The largest absolute Gasteiger partial charge is 0.387 e. The van der Waals surface area contributed by atoms with Crippen molar-refractivity contribution in [2.24, 2.45) is 23.7 Å². The first-order chi connectivity index (χ1) is 26.3. The molecule has 2 aromatic heterocycles. The summed E-state index contributed by atoms with van der Waals surface area (Å²) in [5.41, 5.74) is 4.34. The number of piperidine rings is 6. The van der Waals surface area contributed by atoms with Gasteiger partial charge >= 0.3 is 0 Å². The van der Waals surface area contributed by atoms with Gasteiger partial charge in [0, 0.05) is 61.2 Å². The summed E-state index contributed by atoms with van der Waals surface area (Å²) in [5.74, 6) is 2.52. The molecule has 6 saturated heterocycles. The molecule has 0 spiro atoms. The normalized spacial score (nSPS) is 28.6. The van der Waals surface area contributed by atoms with E-state index in [1.165, 1.54) is 25.7 Å². The zero-order chi connectivity index (χ0) is 37.3. The summed E-state index contributed by atoms with van der Waals surface area (Å²) >= 11 is 0. The first-order valence-corrected chi connectivity index (χ1v) is 20.5. The van der Waals surface area contributed by atoms with Crippen molar-refractivity contribution >= 4 is 45.0 Å². The van der Waals surface area contributed by atoms with Crippen LogP contribution < -0.4 is 10.6 Å². The Balaban J connectivity index is 0.851. The van der Waals surface area contributed by atoms with Gasteiger partial charge in [-0.2, -0.15) is 0 Å². The van der Waals surface area contributed by atoms with E-state index in [0.29, 0.717) is 47.1 Å². The van der Waals surface area contributed by atoms with Crippen molar-refractivity contribution in [1.29, 1.82) is 0 Å². The molecule has 10 rings (SSSR count). The molecule has 4 aromatic rings. The monoisotopic (exact) mass is 732 g/mol. The number of benzene rings is 2. The van der Waals surface area contributed by atoms with E-state index in [9.17, 15) is 19.8 Å². The minimum absolute atomic E-state index is 0.100. The van der Waals surface area contributed by atoms with Crippen molar-refractivity contribution in [1.82, 2.24) is 19.8 Å². The first-order valence-electron chi connectivity index (χ1n) is 20.5. The molecule has 0 aliphatic carbocycles. The highest BCUT2D eigenvalue weighted by molar-refractivity contribution is 6.02. The summed E-state index contributed by atoms with van der Waals surface area (Å²) in [4.78, 5) is 40.4. The van der Waals surface area contributed by atoms with Crippen LogP contribution >= 0.6 is 0 Å². The highest BCUT2D eigenvalue weighted by Gasteiger charge is 2.44. The number of aliphatic hydroxyl groups excluding tert-OH is 2. The van der Waals surface area contributed by atoms with Crippen LogP contribution in [0.3, 0.4) is 0 Å². The molecule has 286 valence electrons. The fraction of sp³-hybridized carbons (Fsp3) is 0.545. The highest BCUT2D eigenvalue weighted by atomic mass is 16.3. The molecule has 4 bridgehead atoms. The number of hydrogen-bond donors (Lipinski definition) is 4. The number of amides is 2. The number of carbonyl (C=O) groups excluding carboxylic acids is 2. The molecular formula is C44H56N6O4. The maximum Gasteiger partial charge on any atom is 0.224 e. The topological polar surface area (TPSA) is 131 Å². The third kappa shape index (κ3) is 7.26. The summed E-state index contributed by atoms with van der Waals surface area (Å²) in [6.07, 6.45) is 10.7. The Morgan fingerprint density at radius 2 is 1.15 bits per heavy atom. The van der Waals surface area contributed by atoms with Crippen molar-refractivity contribution < 1.29 is 19.8 Å². The first kappa shape index (κ1) is 37.0. The molecule has 4 unspecified atom stereocenters. The Kier molecular flexibility index (Phi) is 11.0. The number of unbranched alkanes of at least 4 members (excludes halogenated alkanes) is 1. The molecule has 4 N–H and O–H groups in total. The van der Waals surface area contributed by atoms with E-state index < -0.39 is 12.2 Å². The summed E-state index contributed by atoms with van der Waals surface area (Å²) in [5, 5.41) is 31.1. The molecule has 6 aliphatic heterocycles. The van der Waals surface area contributed by atoms with Gasteiger partial charge in [0.15, 0.2) is 0 Å². The maximum absolute atomic E-state index is 13.1. The average Bonchev–Trinajstić information content (AvgIpc) is 3.21. The molecule has 0 radical (unpaired) electrons. The Morgan fingerprint density at radius 3 is 1.54 bits per heavy atom. The number of aromatic nitrogens is 2. The molecule has 10 atom stereocenters. The minimum Gasteiger partial charge on any atom is -0.387 e. The molecule has 10 nitrogen and oxygen atoms in total. The number of nitrogens with zero attached hydrogens (tertiary/aromatic N) is 4. The van der Waals surface area contributed by atoms with Crippen LogP contribution in [0.5, 0.6) is 0 Å². The van der Waals surface area contributed by atoms with Gasteiger partial charge in [-0.15, -0.1) is 0 Å². The predicted molar refractivity (Wildman–Crippen MR) is 213 cm³/mol. The smallest absolute Gasteiger partial charge is 0.224 e. The van der Waals surface area contributed by atoms with Crippen molar-refractivity contribution in [2.45, 2.75) is 102 Å². The molecule has 2 amide bonds. The number of pyridine rings is 2. The van der Waals surface area contributed by atoms with Crippen LogP contribution in [-0.2, 0) is 9.59 Å². The quantitative estimate of drug-likeness (QED) is 0.106. The number of hydrogen-bond acceptors (Lipinski definition) is 8. The van der Waals surface area contributed by atoms with Crippen molar-refractivity contribution in [3.05, 3.63) is 72.1 Å². The van der Waals surface area contributed by atoms with Crippen LogP contribution in [0, 0.1) is 23.7 Å². The van der Waals surface area contributed by atoms with Gasteiger partial charge in [-0.05, 0) is 111 Å². The zero-order valence-electron chi connectivity index (χ0n) is 31.8. The third-order valence-corrected chi connectivity index (χ3v) is 13.5. The van der Waals surface area contributed by atoms with E-state index in [2.05, 4.69) is 44.2 Å². The van der Waals surface area contributed by atoms with Gasteiger partial charge in [0.1, 0.15) is 0 Å². The Hall–Kier alpha value is -3.96. The van der Waals surface area contributed by atoms with E-state index in [0.717, 1.165) is 72.8 Å². The average molecular weight is 733 g/mol. The number of para-hydroxylation sites is 2. The highest BCUT2D eigenvalue weighted by Crippen LogP contribution is 2.44. The van der Waals surface area contributed by atoms with E-state index in [1.807, 2.05) is 48.5 Å². The van der Waals surface area contributed by atoms with E-state index in [-0.39, 0.29) is 36.7 Å². The van der Waals surface area contributed by atoms with Gasteiger partial charge in [0.05, 0.1) is 34.6 Å². The standard InChI is InChI=1S/C44H56N6O4/c1-3-27-25-49-21-17-29(27)23-37(49)43(53)33-15-19-45-41-31(33)9-7-11-35(41)47-39(51)13-5-6-14-40(52)48-36-12-8-10-32-34(16-20-46-42(32)36)44(54)38-24-30-18-22-50(38)26-28(30)4-2/h7-12,15-16,19-20,27-30,37-38,43-44,53-54H,3-6,13-14,17-18,21-26H2,1-2H3,(H,47,51)(H,48,52)/t27-,28+,29-,30+,37-,38+,43?,44?. The lowest BCUT2D eigenvalue weighted by Crippen LogP contribution is -2.55. The minimum atomic E-state index is -0.616. The molecule has 6 fully saturated rings. The van der Waals surface area contributed by atoms with Gasteiger partial charge < -0.3 is 20.8 Å². The molecule has 2 aromatic carbocycles. The van der Waals surface area contributed by atoms with E-state index >= 15 is 0 Å². The zero-order valence-corrected chi connectivity index (χ0v) is 31.8. The third-order valence-electron chi connectivity index (χ3n) is 13.5.